The van der Waals surface area contributed by atoms with Crippen LogP contribution in [-0.4, -0.2) is 54.9 Å². The maximum absolute atomic E-state index is 13.8. The molecule has 3 rings (SSSR count). The van der Waals surface area contributed by atoms with Gasteiger partial charge in [0, 0.05) is 25.1 Å². The molecule has 2 amide bonds. The number of likely N-dealkylation sites (N-methyl/N-ethyl adjacent to an activating group) is 1. The summed E-state index contributed by atoms with van der Waals surface area (Å²) in [5.74, 6) is -0.658. The van der Waals surface area contributed by atoms with Gasteiger partial charge in [-0.3, -0.25) is 4.90 Å². The number of esters is 1. The molecule has 8 heteroatoms. The largest absolute Gasteiger partial charge is 0.516 e. The van der Waals surface area contributed by atoms with Gasteiger partial charge < -0.3 is 14.2 Å². The molecule has 0 aromatic heterocycles. The van der Waals surface area contributed by atoms with Crippen LogP contribution in [0.25, 0.3) is 0 Å². The van der Waals surface area contributed by atoms with Crippen LogP contribution < -0.4 is 4.90 Å². The van der Waals surface area contributed by atoms with Crippen LogP contribution in [0.3, 0.4) is 0 Å². The Bertz CT molecular complexity index is 1340. The van der Waals surface area contributed by atoms with E-state index in [0.29, 0.717) is 18.7 Å². The monoisotopic (exact) mass is 589 g/mol. The number of carbonyl (C=O) groups excluding carboxylic acids is 3. The molecule has 0 bridgehead atoms. The van der Waals surface area contributed by atoms with Crippen molar-refractivity contribution in [3.05, 3.63) is 102 Å². The van der Waals surface area contributed by atoms with Gasteiger partial charge in [0.1, 0.15) is 18.8 Å². The number of rotatable bonds is 11. The van der Waals surface area contributed by atoms with E-state index in [1.807, 2.05) is 120 Å². The van der Waals surface area contributed by atoms with Crippen molar-refractivity contribution >= 4 is 23.8 Å². The van der Waals surface area contributed by atoms with Gasteiger partial charge in [-0.25, -0.2) is 14.1 Å². The van der Waals surface area contributed by atoms with Crippen molar-refractivity contribution < 1.29 is 33.1 Å². The summed E-state index contributed by atoms with van der Waals surface area (Å²) in [6, 6.07) is 25.6. The number of nitrogens with zero attached hydrogens (tertiary/aromatic N) is 2. The molecule has 1 unspecified atom stereocenters. The molecular formula is C35H45N2O6+. The van der Waals surface area contributed by atoms with E-state index in [1.54, 1.807) is 14.1 Å². The fourth-order valence-corrected chi connectivity index (χ4v) is 4.87. The Labute approximate surface area is 255 Å². The first-order valence-electron chi connectivity index (χ1n) is 14.6. The zero-order valence-corrected chi connectivity index (χ0v) is 26.4. The van der Waals surface area contributed by atoms with Crippen molar-refractivity contribution in [1.29, 1.82) is 0 Å². The van der Waals surface area contributed by atoms with E-state index in [-0.39, 0.29) is 23.6 Å². The van der Waals surface area contributed by atoms with Crippen LogP contribution >= 0.6 is 0 Å². The van der Waals surface area contributed by atoms with Gasteiger partial charge in [0.05, 0.1) is 13.6 Å². The minimum absolute atomic E-state index is 0.100. The Morgan fingerprint density at radius 2 is 1.28 bits per heavy atom. The van der Waals surface area contributed by atoms with Crippen LogP contribution in [0.4, 0.5) is 15.3 Å². The van der Waals surface area contributed by atoms with Crippen molar-refractivity contribution in [2.75, 3.05) is 25.5 Å². The van der Waals surface area contributed by atoms with E-state index in [2.05, 4.69) is 0 Å². The molecule has 3 aromatic rings. The summed E-state index contributed by atoms with van der Waals surface area (Å²) >= 11 is 0. The number of ether oxygens (including phenoxy) is 3. The number of benzene rings is 3. The highest BCUT2D eigenvalue weighted by Crippen LogP contribution is 2.25. The van der Waals surface area contributed by atoms with Crippen molar-refractivity contribution in [1.82, 2.24) is 0 Å². The number of quaternary nitrogens is 1. The first-order valence-corrected chi connectivity index (χ1v) is 14.6. The summed E-state index contributed by atoms with van der Waals surface area (Å²) < 4.78 is 16.7. The lowest BCUT2D eigenvalue weighted by molar-refractivity contribution is -0.858. The van der Waals surface area contributed by atoms with E-state index in [1.165, 1.54) is 4.90 Å². The summed E-state index contributed by atoms with van der Waals surface area (Å²) in [5.41, 5.74) is 2.76. The average molecular weight is 590 g/mol. The van der Waals surface area contributed by atoms with Gasteiger partial charge in [-0.1, -0.05) is 86.6 Å². The van der Waals surface area contributed by atoms with Crippen molar-refractivity contribution in [3.8, 4) is 0 Å². The summed E-state index contributed by atoms with van der Waals surface area (Å²) in [6.07, 6.45) is -0.456. The third-order valence-electron chi connectivity index (χ3n) is 7.19. The molecule has 230 valence electrons. The zero-order valence-electron chi connectivity index (χ0n) is 26.4. The molecule has 0 radical (unpaired) electrons. The van der Waals surface area contributed by atoms with Crippen molar-refractivity contribution in [2.45, 2.75) is 65.9 Å². The molecule has 0 fully saturated rings. The first-order chi connectivity index (χ1) is 20.3. The Morgan fingerprint density at radius 1 is 0.767 bits per heavy atom. The molecule has 0 aliphatic carbocycles. The van der Waals surface area contributed by atoms with E-state index >= 15 is 0 Å². The number of anilines is 1. The predicted molar refractivity (Wildman–Crippen MR) is 167 cm³/mol. The number of carbonyl (C=O) groups is 3. The van der Waals surface area contributed by atoms with Gasteiger partial charge in [0.15, 0.2) is 6.04 Å². The van der Waals surface area contributed by atoms with Crippen LogP contribution in [0, 0.1) is 5.92 Å². The molecule has 0 saturated carbocycles. The van der Waals surface area contributed by atoms with Gasteiger partial charge in [-0.05, 0) is 49.6 Å². The quantitative estimate of drug-likeness (QED) is 0.134. The van der Waals surface area contributed by atoms with Gasteiger partial charge in [0.2, 0.25) is 0 Å². The number of hydrogen-bond donors (Lipinski definition) is 0. The van der Waals surface area contributed by atoms with E-state index < -0.39 is 29.8 Å². The summed E-state index contributed by atoms with van der Waals surface area (Å²) in [4.78, 5) is 41.3. The van der Waals surface area contributed by atoms with Crippen LogP contribution in [0.1, 0.15) is 51.3 Å². The lowest BCUT2D eigenvalue weighted by Crippen LogP contribution is -2.62. The van der Waals surface area contributed by atoms with Crippen molar-refractivity contribution in [3.63, 3.8) is 0 Å². The molecule has 8 nitrogen and oxygen atoms in total. The Morgan fingerprint density at radius 3 is 1.77 bits per heavy atom. The van der Waals surface area contributed by atoms with E-state index in [0.717, 1.165) is 16.7 Å². The SMILES string of the molecule is CC(C)[C@@H](C(=O)OCc1ccccc1)[N+](C)(CCc1ccc(N(C)C(=O)OC(C)(C)C)cc1)C(=O)OCc1ccccc1. The molecule has 0 N–H and O–H groups in total. The van der Waals surface area contributed by atoms with E-state index in [9.17, 15) is 14.4 Å². The van der Waals surface area contributed by atoms with Gasteiger partial charge in [-0.2, -0.15) is 4.79 Å². The summed E-state index contributed by atoms with van der Waals surface area (Å²) in [5, 5.41) is 0. The predicted octanol–water partition coefficient (Wildman–Crippen LogP) is 7.15. The van der Waals surface area contributed by atoms with E-state index in [4.69, 9.17) is 14.2 Å². The second-order valence-corrected chi connectivity index (χ2v) is 12.3. The highest BCUT2D eigenvalue weighted by Gasteiger charge is 2.49. The van der Waals surface area contributed by atoms with Crippen LogP contribution in [0.5, 0.6) is 0 Å². The fraction of sp³-hybridized carbons (Fsp3) is 0.400. The minimum atomic E-state index is -0.787. The number of amides is 2. The van der Waals surface area contributed by atoms with Gasteiger partial charge >= 0.3 is 18.2 Å². The smallest absolute Gasteiger partial charge is 0.456 e. The Balaban J connectivity index is 1.80. The molecule has 0 saturated heterocycles. The Kier molecular flexibility index (Phi) is 11.5. The maximum Gasteiger partial charge on any atom is 0.516 e. The topological polar surface area (TPSA) is 82.1 Å². The van der Waals surface area contributed by atoms with Crippen LogP contribution in [0.2, 0.25) is 0 Å². The minimum Gasteiger partial charge on any atom is -0.456 e. The van der Waals surface area contributed by atoms with Crippen LogP contribution in [-0.2, 0) is 38.6 Å². The summed E-state index contributed by atoms with van der Waals surface area (Å²) in [6.45, 7) is 9.82. The molecule has 0 heterocycles. The first kappa shape index (κ1) is 33.3. The third-order valence-corrected chi connectivity index (χ3v) is 7.19. The fourth-order valence-electron chi connectivity index (χ4n) is 4.87. The normalized spacial score (nSPS) is 13.5. The highest BCUT2D eigenvalue weighted by atomic mass is 16.6. The standard InChI is InChI=1S/C35H45N2O6/c1-26(2)31(32(38)41-24-28-14-10-8-11-15-28)37(7,34(40)42-25-29-16-12-9-13-17-29)23-22-27-18-20-30(21-19-27)36(6)33(39)43-35(3,4)5/h8-21,26,31H,22-25H2,1-7H3/q+1/t31-,37?/m0/s1. The molecular weight excluding hydrogens is 544 g/mol. The second kappa shape index (κ2) is 14.8. The molecule has 3 aromatic carbocycles. The van der Waals surface area contributed by atoms with Crippen LogP contribution in [0.15, 0.2) is 84.9 Å². The molecule has 0 spiro atoms. The lowest BCUT2D eigenvalue weighted by Gasteiger charge is -2.38. The average Bonchev–Trinajstić information content (AvgIpc) is 2.97. The highest BCUT2D eigenvalue weighted by molar-refractivity contribution is 5.87. The molecule has 2 atom stereocenters. The molecule has 0 aliphatic heterocycles. The zero-order chi connectivity index (χ0) is 31.6. The Hall–Kier alpha value is -4.17. The van der Waals surface area contributed by atoms with Gasteiger partial charge in [-0.15, -0.1) is 0 Å². The molecule has 43 heavy (non-hydrogen) atoms. The van der Waals surface area contributed by atoms with Crippen molar-refractivity contribution in [2.24, 2.45) is 5.92 Å². The second-order valence-electron chi connectivity index (χ2n) is 12.3. The summed E-state index contributed by atoms with van der Waals surface area (Å²) in [7, 11) is 3.40. The maximum atomic E-state index is 13.8. The number of hydrogen-bond acceptors (Lipinski definition) is 6. The third kappa shape index (κ3) is 9.68. The lowest BCUT2D eigenvalue weighted by atomic mass is 9.99. The van der Waals surface area contributed by atoms with Gasteiger partial charge in [0.25, 0.3) is 0 Å². The molecule has 0 aliphatic rings.